The molecule has 2 heterocycles. The van der Waals surface area contributed by atoms with Crippen LogP contribution < -0.4 is 5.32 Å². The molecule has 0 bridgehead atoms. The molecule has 2 atom stereocenters. The summed E-state index contributed by atoms with van der Waals surface area (Å²) in [4.78, 5) is 0. The average molecular weight is 281 g/mol. The SMILES string of the molecule is CCCNC(CCc1cnn(C)c1)C1(C)CCCS1. The summed E-state index contributed by atoms with van der Waals surface area (Å²) in [5, 5.41) is 8.04. The predicted octanol–water partition coefficient (Wildman–Crippen LogP) is 3.01. The Hall–Kier alpha value is -0.480. The highest BCUT2D eigenvalue weighted by molar-refractivity contribution is 8.00. The quantitative estimate of drug-likeness (QED) is 0.833. The van der Waals surface area contributed by atoms with Gasteiger partial charge < -0.3 is 5.32 Å². The lowest BCUT2D eigenvalue weighted by atomic mass is 9.91. The molecule has 0 aromatic carbocycles. The van der Waals surface area contributed by atoms with Crippen molar-refractivity contribution in [2.75, 3.05) is 12.3 Å². The normalized spacial score (nSPS) is 24.8. The van der Waals surface area contributed by atoms with Gasteiger partial charge in [0.05, 0.1) is 6.20 Å². The van der Waals surface area contributed by atoms with Gasteiger partial charge in [0.15, 0.2) is 0 Å². The molecule has 1 fully saturated rings. The summed E-state index contributed by atoms with van der Waals surface area (Å²) in [7, 11) is 1.99. The summed E-state index contributed by atoms with van der Waals surface area (Å²) in [6.07, 6.45) is 10.4. The van der Waals surface area contributed by atoms with Crippen LogP contribution in [0.25, 0.3) is 0 Å². The molecule has 19 heavy (non-hydrogen) atoms. The molecule has 0 radical (unpaired) electrons. The van der Waals surface area contributed by atoms with E-state index < -0.39 is 0 Å². The van der Waals surface area contributed by atoms with Gasteiger partial charge in [-0.1, -0.05) is 6.92 Å². The Kier molecular flexibility index (Phi) is 5.34. The van der Waals surface area contributed by atoms with Crippen LogP contribution in [0.1, 0.15) is 45.1 Å². The molecule has 1 saturated heterocycles. The van der Waals surface area contributed by atoms with Gasteiger partial charge in [-0.15, -0.1) is 0 Å². The van der Waals surface area contributed by atoms with E-state index in [9.17, 15) is 0 Å². The standard InChI is InChI=1S/C15H27N3S/c1-4-9-16-14(15(2)8-5-10-19-15)7-6-13-11-17-18(3)12-13/h11-12,14,16H,4-10H2,1-3H3. The van der Waals surface area contributed by atoms with E-state index in [1.165, 1.54) is 37.0 Å². The van der Waals surface area contributed by atoms with Crippen LogP contribution in [-0.4, -0.2) is 32.9 Å². The minimum atomic E-state index is 0.428. The highest BCUT2D eigenvalue weighted by Gasteiger charge is 2.37. The van der Waals surface area contributed by atoms with Gasteiger partial charge in [-0.2, -0.15) is 16.9 Å². The summed E-state index contributed by atoms with van der Waals surface area (Å²) in [5.41, 5.74) is 1.36. The van der Waals surface area contributed by atoms with E-state index in [-0.39, 0.29) is 0 Å². The molecule has 0 aliphatic carbocycles. The van der Waals surface area contributed by atoms with Crippen molar-refractivity contribution in [3.05, 3.63) is 18.0 Å². The van der Waals surface area contributed by atoms with Crippen LogP contribution in [0.3, 0.4) is 0 Å². The molecule has 0 amide bonds. The largest absolute Gasteiger partial charge is 0.313 e. The van der Waals surface area contributed by atoms with Crippen molar-refractivity contribution in [3.63, 3.8) is 0 Å². The highest BCUT2D eigenvalue weighted by Crippen LogP contribution is 2.41. The number of nitrogens with one attached hydrogen (secondary N) is 1. The first-order chi connectivity index (χ1) is 9.14. The zero-order chi connectivity index (χ0) is 13.7. The molecular weight excluding hydrogens is 254 g/mol. The molecule has 2 rings (SSSR count). The Balaban J connectivity index is 1.93. The molecule has 1 aromatic heterocycles. The number of rotatable bonds is 7. The number of hydrogen-bond donors (Lipinski definition) is 1. The fourth-order valence-corrected chi connectivity index (χ4v) is 4.38. The zero-order valence-corrected chi connectivity index (χ0v) is 13.3. The first kappa shape index (κ1) is 14.9. The predicted molar refractivity (Wildman–Crippen MR) is 83.7 cm³/mol. The van der Waals surface area contributed by atoms with Gasteiger partial charge in [-0.3, -0.25) is 4.68 Å². The highest BCUT2D eigenvalue weighted by atomic mass is 32.2. The molecule has 1 aromatic rings. The minimum Gasteiger partial charge on any atom is -0.313 e. The van der Waals surface area contributed by atoms with Crippen molar-refractivity contribution >= 4 is 11.8 Å². The minimum absolute atomic E-state index is 0.428. The Morgan fingerprint density at radius 1 is 1.58 bits per heavy atom. The van der Waals surface area contributed by atoms with Gasteiger partial charge >= 0.3 is 0 Å². The monoisotopic (exact) mass is 281 g/mol. The van der Waals surface area contributed by atoms with E-state index >= 15 is 0 Å². The second-order valence-electron chi connectivity index (χ2n) is 5.83. The van der Waals surface area contributed by atoms with Gasteiger partial charge in [0.25, 0.3) is 0 Å². The van der Waals surface area contributed by atoms with Crippen LogP contribution in [0.15, 0.2) is 12.4 Å². The maximum absolute atomic E-state index is 4.26. The number of aromatic nitrogens is 2. The molecule has 3 nitrogen and oxygen atoms in total. The van der Waals surface area contributed by atoms with Crippen molar-refractivity contribution in [1.29, 1.82) is 0 Å². The third kappa shape index (κ3) is 3.99. The van der Waals surface area contributed by atoms with Crippen molar-refractivity contribution in [3.8, 4) is 0 Å². The summed E-state index contributed by atoms with van der Waals surface area (Å²) < 4.78 is 2.33. The topological polar surface area (TPSA) is 29.9 Å². The molecular formula is C15H27N3S. The van der Waals surface area contributed by atoms with Crippen LogP contribution in [-0.2, 0) is 13.5 Å². The van der Waals surface area contributed by atoms with Crippen LogP contribution in [0, 0.1) is 0 Å². The van der Waals surface area contributed by atoms with E-state index in [0.717, 1.165) is 13.0 Å². The molecule has 1 aliphatic rings. The zero-order valence-electron chi connectivity index (χ0n) is 12.5. The molecule has 1 N–H and O–H groups in total. The maximum Gasteiger partial charge on any atom is 0.0521 e. The van der Waals surface area contributed by atoms with E-state index in [4.69, 9.17) is 0 Å². The van der Waals surface area contributed by atoms with Crippen LogP contribution in [0.2, 0.25) is 0 Å². The van der Waals surface area contributed by atoms with Crippen molar-refractivity contribution in [1.82, 2.24) is 15.1 Å². The lowest BCUT2D eigenvalue weighted by Gasteiger charge is -2.34. The van der Waals surface area contributed by atoms with Crippen LogP contribution in [0.4, 0.5) is 0 Å². The van der Waals surface area contributed by atoms with E-state index in [1.807, 2.05) is 17.9 Å². The van der Waals surface area contributed by atoms with Gasteiger partial charge in [-0.05, 0) is 56.9 Å². The second-order valence-corrected chi connectivity index (χ2v) is 7.46. The molecule has 1 aliphatic heterocycles. The molecule has 4 heteroatoms. The molecule has 0 spiro atoms. The Morgan fingerprint density at radius 2 is 2.42 bits per heavy atom. The number of aryl methyl sites for hydroxylation is 2. The van der Waals surface area contributed by atoms with Gasteiger partial charge in [0.2, 0.25) is 0 Å². The second kappa shape index (κ2) is 6.80. The summed E-state index contributed by atoms with van der Waals surface area (Å²) in [6.45, 7) is 5.82. The first-order valence-electron chi connectivity index (χ1n) is 7.49. The van der Waals surface area contributed by atoms with Crippen molar-refractivity contribution in [2.45, 2.75) is 56.7 Å². The fourth-order valence-electron chi connectivity index (χ4n) is 2.93. The Labute approximate surface area is 121 Å². The van der Waals surface area contributed by atoms with Gasteiger partial charge in [0, 0.05) is 24.0 Å². The Morgan fingerprint density at radius 3 is 3.00 bits per heavy atom. The molecule has 0 saturated carbocycles. The van der Waals surface area contributed by atoms with Gasteiger partial charge in [0.1, 0.15) is 0 Å². The fraction of sp³-hybridized carbons (Fsp3) is 0.800. The Bertz CT molecular complexity index is 382. The third-order valence-corrected chi connectivity index (χ3v) is 5.75. The van der Waals surface area contributed by atoms with Crippen molar-refractivity contribution < 1.29 is 0 Å². The lowest BCUT2D eigenvalue weighted by molar-refractivity contribution is 0.381. The van der Waals surface area contributed by atoms with E-state index in [0.29, 0.717) is 10.8 Å². The lowest BCUT2D eigenvalue weighted by Crippen LogP contribution is -2.45. The van der Waals surface area contributed by atoms with Crippen LogP contribution in [0.5, 0.6) is 0 Å². The average Bonchev–Trinajstić information content (AvgIpc) is 2.99. The molecule has 2 unspecified atom stereocenters. The first-order valence-corrected chi connectivity index (χ1v) is 8.47. The number of hydrogen-bond acceptors (Lipinski definition) is 3. The number of nitrogens with zero attached hydrogens (tertiary/aromatic N) is 2. The maximum atomic E-state index is 4.26. The van der Waals surface area contributed by atoms with E-state index in [2.05, 4.69) is 42.2 Å². The van der Waals surface area contributed by atoms with Gasteiger partial charge in [-0.25, -0.2) is 0 Å². The van der Waals surface area contributed by atoms with Crippen molar-refractivity contribution in [2.24, 2.45) is 7.05 Å². The van der Waals surface area contributed by atoms with E-state index in [1.54, 1.807) is 0 Å². The number of thioether (sulfide) groups is 1. The summed E-state index contributed by atoms with van der Waals surface area (Å²) in [6, 6.07) is 0.625. The third-order valence-electron chi connectivity index (χ3n) is 4.11. The smallest absolute Gasteiger partial charge is 0.0521 e. The van der Waals surface area contributed by atoms with Crippen LogP contribution >= 0.6 is 11.8 Å². The summed E-state index contributed by atoms with van der Waals surface area (Å²) in [5.74, 6) is 1.33. The summed E-state index contributed by atoms with van der Waals surface area (Å²) >= 11 is 2.16. The molecule has 108 valence electrons.